The first-order chi connectivity index (χ1) is 29.5. The van der Waals surface area contributed by atoms with Crippen LogP contribution in [0, 0.1) is 0 Å². The first kappa shape index (κ1) is 37.8. The van der Waals surface area contributed by atoms with E-state index in [0.717, 1.165) is 17.1 Å². The quantitative estimate of drug-likeness (QED) is 0.162. The highest BCUT2D eigenvalue weighted by atomic mass is 32.1. The number of fused-ring (bicyclic) bond motifs is 7. The highest BCUT2D eigenvalue weighted by Crippen LogP contribution is 2.55. The molecule has 0 N–H and O–H groups in total. The number of benzene rings is 8. The fourth-order valence-electron chi connectivity index (χ4n) is 10.5. The maximum atomic E-state index is 2.59. The summed E-state index contributed by atoms with van der Waals surface area (Å²) in [6.45, 7) is 14.6. The number of anilines is 3. The Hall–Kier alpha value is -6.22. The predicted molar refractivity (Wildman–Crippen MR) is 263 cm³/mol. The smallest absolute Gasteiger partial charge is 0.0540 e. The zero-order valence-corrected chi connectivity index (χ0v) is 36.8. The highest BCUT2D eigenvalue weighted by molar-refractivity contribution is 7.25. The van der Waals surface area contributed by atoms with Crippen molar-refractivity contribution in [1.82, 2.24) is 0 Å². The number of para-hydroxylation sites is 1. The molecule has 0 amide bonds. The Morgan fingerprint density at radius 2 is 0.951 bits per heavy atom. The molecule has 0 fully saturated rings. The number of nitrogens with zero attached hydrogens (tertiary/aromatic N) is 1. The van der Waals surface area contributed by atoms with Crippen LogP contribution < -0.4 is 4.90 Å². The predicted octanol–water partition coefficient (Wildman–Crippen LogP) is 17.2. The molecular formula is C59H51NS. The zero-order valence-electron chi connectivity index (χ0n) is 36.0. The normalized spacial score (nSPS) is 15.6. The lowest BCUT2D eigenvalue weighted by atomic mass is 9.62. The lowest BCUT2D eigenvalue weighted by Crippen LogP contribution is -2.34. The monoisotopic (exact) mass is 805 g/mol. The topological polar surface area (TPSA) is 3.24 Å². The summed E-state index contributed by atoms with van der Waals surface area (Å²) in [4.78, 5) is 2.46. The van der Waals surface area contributed by atoms with E-state index in [4.69, 9.17) is 0 Å². The van der Waals surface area contributed by atoms with Crippen LogP contribution in [-0.2, 0) is 16.2 Å². The van der Waals surface area contributed by atoms with Crippen LogP contribution in [0.1, 0.15) is 76.6 Å². The standard InChI is InChI=1S/C59H51NS/c1-57(2)32-33-58(3,4)53-37-51-49(36-52(53)57)45-30-26-40(34-50(45)59(51,5)6)43-18-10-11-19-44(43)46-20-12-14-22-54(46)60(41-27-24-39(25-28-41)38-16-8-7-9-17-38)42-29-31-48-47-21-13-15-23-55(47)61-56(48)35-42/h7-31,34-37H,32-33H2,1-6H3. The fourth-order valence-corrected chi connectivity index (χ4v) is 11.7. The first-order valence-corrected chi connectivity index (χ1v) is 22.7. The minimum absolute atomic E-state index is 0.117. The maximum absolute atomic E-state index is 2.59. The maximum Gasteiger partial charge on any atom is 0.0540 e. The molecule has 1 aromatic heterocycles. The molecule has 8 aromatic carbocycles. The molecule has 0 saturated heterocycles. The zero-order chi connectivity index (χ0) is 41.7. The van der Waals surface area contributed by atoms with Gasteiger partial charge in [-0.05, 0) is 133 Å². The van der Waals surface area contributed by atoms with Gasteiger partial charge in [-0.2, -0.15) is 0 Å². The molecule has 11 rings (SSSR count). The molecule has 0 atom stereocenters. The molecule has 2 aliphatic rings. The van der Waals surface area contributed by atoms with E-state index >= 15 is 0 Å². The summed E-state index contributed by atoms with van der Waals surface area (Å²) in [6.07, 6.45) is 2.44. The fraction of sp³-hybridized carbons (Fsp3) is 0.186. The minimum Gasteiger partial charge on any atom is -0.310 e. The Morgan fingerprint density at radius 3 is 1.72 bits per heavy atom. The molecule has 1 nitrogen and oxygen atoms in total. The lowest BCUT2D eigenvalue weighted by Gasteiger charge is -2.42. The van der Waals surface area contributed by atoms with Gasteiger partial charge in [0.15, 0.2) is 0 Å². The highest BCUT2D eigenvalue weighted by Gasteiger charge is 2.42. The van der Waals surface area contributed by atoms with Crippen LogP contribution in [0.2, 0.25) is 0 Å². The third-order valence-corrected chi connectivity index (χ3v) is 15.3. The summed E-state index contributed by atoms with van der Waals surface area (Å²) >= 11 is 1.87. The molecule has 0 radical (unpaired) electrons. The van der Waals surface area contributed by atoms with Crippen LogP contribution in [0.5, 0.6) is 0 Å². The summed E-state index contributed by atoms with van der Waals surface area (Å²) in [7, 11) is 0. The van der Waals surface area contributed by atoms with Gasteiger partial charge in [0, 0.05) is 42.5 Å². The van der Waals surface area contributed by atoms with Crippen molar-refractivity contribution in [1.29, 1.82) is 0 Å². The van der Waals surface area contributed by atoms with Gasteiger partial charge in [0.25, 0.3) is 0 Å². The van der Waals surface area contributed by atoms with Crippen molar-refractivity contribution in [2.75, 3.05) is 4.90 Å². The molecule has 0 spiro atoms. The van der Waals surface area contributed by atoms with Crippen molar-refractivity contribution in [2.45, 2.75) is 70.6 Å². The van der Waals surface area contributed by atoms with E-state index in [9.17, 15) is 0 Å². The number of hydrogen-bond donors (Lipinski definition) is 0. The molecule has 0 bridgehead atoms. The van der Waals surface area contributed by atoms with E-state index in [1.54, 1.807) is 0 Å². The molecule has 0 aliphatic heterocycles. The van der Waals surface area contributed by atoms with Crippen molar-refractivity contribution in [3.8, 4) is 44.5 Å². The van der Waals surface area contributed by atoms with E-state index in [1.165, 1.54) is 99.8 Å². The number of rotatable bonds is 6. The van der Waals surface area contributed by atoms with E-state index in [-0.39, 0.29) is 16.2 Å². The summed E-state index contributed by atoms with van der Waals surface area (Å²) in [6, 6.07) is 65.9. The van der Waals surface area contributed by atoms with Gasteiger partial charge in [0.1, 0.15) is 0 Å². The van der Waals surface area contributed by atoms with Gasteiger partial charge in [-0.1, -0.05) is 169 Å². The molecule has 0 saturated carbocycles. The van der Waals surface area contributed by atoms with Crippen molar-refractivity contribution >= 4 is 48.6 Å². The number of hydrogen-bond acceptors (Lipinski definition) is 2. The average Bonchev–Trinajstić information content (AvgIpc) is 3.76. The molecule has 2 heteroatoms. The van der Waals surface area contributed by atoms with Gasteiger partial charge in [-0.15, -0.1) is 11.3 Å². The molecule has 2 aliphatic carbocycles. The second kappa shape index (κ2) is 13.9. The van der Waals surface area contributed by atoms with E-state index in [0.29, 0.717) is 0 Å². The lowest BCUT2D eigenvalue weighted by molar-refractivity contribution is 0.331. The Morgan fingerprint density at radius 1 is 0.377 bits per heavy atom. The third-order valence-electron chi connectivity index (χ3n) is 14.2. The average molecular weight is 806 g/mol. The molecular weight excluding hydrogens is 755 g/mol. The van der Waals surface area contributed by atoms with Crippen LogP contribution in [-0.4, -0.2) is 0 Å². The summed E-state index contributed by atoms with van der Waals surface area (Å²) in [5, 5.41) is 2.62. The van der Waals surface area contributed by atoms with Gasteiger partial charge in [0.2, 0.25) is 0 Å². The van der Waals surface area contributed by atoms with Crippen molar-refractivity contribution in [2.24, 2.45) is 0 Å². The first-order valence-electron chi connectivity index (χ1n) is 21.9. The van der Waals surface area contributed by atoms with Crippen LogP contribution in [0.4, 0.5) is 17.1 Å². The van der Waals surface area contributed by atoms with Crippen molar-refractivity contribution < 1.29 is 0 Å². The van der Waals surface area contributed by atoms with Crippen LogP contribution in [0.15, 0.2) is 176 Å². The minimum atomic E-state index is -0.117. The second-order valence-electron chi connectivity index (χ2n) is 19.2. The molecule has 61 heavy (non-hydrogen) atoms. The van der Waals surface area contributed by atoms with E-state index in [1.807, 2.05) is 11.3 Å². The summed E-state index contributed by atoms with van der Waals surface area (Å²) in [5.41, 5.74) is 19.7. The van der Waals surface area contributed by atoms with Crippen LogP contribution >= 0.6 is 11.3 Å². The second-order valence-corrected chi connectivity index (χ2v) is 20.3. The van der Waals surface area contributed by atoms with Crippen molar-refractivity contribution in [3.63, 3.8) is 0 Å². The third kappa shape index (κ3) is 6.10. The largest absolute Gasteiger partial charge is 0.310 e. The molecule has 0 unspecified atom stereocenters. The summed E-state index contributed by atoms with van der Waals surface area (Å²) < 4.78 is 2.60. The Labute approximate surface area is 365 Å². The van der Waals surface area contributed by atoms with Crippen LogP contribution in [0.25, 0.3) is 64.7 Å². The van der Waals surface area contributed by atoms with E-state index in [2.05, 4.69) is 222 Å². The van der Waals surface area contributed by atoms with Gasteiger partial charge in [-0.25, -0.2) is 0 Å². The summed E-state index contributed by atoms with van der Waals surface area (Å²) in [5.74, 6) is 0. The SMILES string of the molecule is CC1(C)CCC(C)(C)c2cc3c(cc21)-c1ccc(-c2ccccc2-c2ccccc2N(c2ccc(-c4ccccc4)cc2)c2ccc4c(c2)sc2ccccc24)cc1C3(C)C. The van der Waals surface area contributed by atoms with Gasteiger partial charge in [-0.3, -0.25) is 0 Å². The Bertz CT molecular complexity index is 3160. The Kier molecular flexibility index (Phi) is 8.61. The van der Waals surface area contributed by atoms with Gasteiger partial charge in [0.05, 0.1) is 5.69 Å². The molecule has 1 heterocycles. The van der Waals surface area contributed by atoms with Crippen LogP contribution in [0.3, 0.4) is 0 Å². The number of thiophene rings is 1. The van der Waals surface area contributed by atoms with Gasteiger partial charge >= 0.3 is 0 Å². The Balaban J connectivity index is 1.05. The van der Waals surface area contributed by atoms with Crippen molar-refractivity contribution in [3.05, 3.63) is 198 Å². The van der Waals surface area contributed by atoms with E-state index < -0.39 is 0 Å². The van der Waals surface area contributed by atoms with Gasteiger partial charge < -0.3 is 4.90 Å². The molecule has 298 valence electrons. The molecule has 9 aromatic rings.